The average Bonchev–Trinajstić information content (AvgIpc) is 2.81. The molecule has 1 aliphatic heterocycles. The zero-order valence-electron chi connectivity index (χ0n) is 15.0. The molecular weight excluding hydrogens is 328 g/mol. The number of hydrogen-bond donors (Lipinski definition) is 1. The molecule has 136 valence electrons. The van der Waals surface area contributed by atoms with E-state index in [-0.39, 0.29) is 18.4 Å². The molecule has 0 aromatic heterocycles. The molecule has 0 bridgehead atoms. The van der Waals surface area contributed by atoms with Crippen molar-refractivity contribution in [2.24, 2.45) is 0 Å². The second-order valence-corrected chi connectivity index (χ2v) is 6.62. The van der Waals surface area contributed by atoms with Crippen LogP contribution in [0.4, 0.5) is 5.69 Å². The molecule has 0 aliphatic carbocycles. The number of amides is 2. The van der Waals surface area contributed by atoms with Crippen molar-refractivity contribution in [3.05, 3.63) is 54.1 Å². The molecule has 2 aromatic rings. The van der Waals surface area contributed by atoms with Crippen molar-refractivity contribution >= 4 is 17.5 Å². The van der Waals surface area contributed by atoms with Crippen LogP contribution in [0.15, 0.2) is 48.5 Å². The van der Waals surface area contributed by atoms with Gasteiger partial charge in [-0.2, -0.15) is 0 Å². The molecule has 5 nitrogen and oxygen atoms in total. The van der Waals surface area contributed by atoms with Crippen LogP contribution in [0.1, 0.15) is 31.2 Å². The Morgan fingerprint density at radius 1 is 1.08 bits per heavy atom. The molecule has 2 amide bonds. The molecule has 0 saturated carbocycles. The Bertz CT molecular complexity index is 771. The van der Waals surface area contributed by atoms with Crippen molar-refractivity contribution in [1.29, 1.82) is 0 Å². The van der Waals surface area contributed by atoms with E-state index in [1.807, 2.05) is 43.3 Å². The third kappa shape index (κ3) is 5.09. The standard InChI is InChI=1S/C21H24N2O3/c1-16-6-5-7-19(14-16)26-18-11-9-17(10-12-18)22-20(24)15-23-13-4-2-3-8-21(23)25/h5-7,9-12,14H,2-4,8,13,15H2,1H3,(H,22,24). The number of nitrogens with zero attached hydrogens (tertiary/aromatic N) is 1. The highest BCUT2D eigenvalue weighted by atomic mass is 16.5. The van der Waals surface area contributed by atoms with Crippen LogP contribution in [0.3, 0.4) is 0 Å². The van der Waals surface area contributed by atoms with Crippen LogP contribution >= 0.6 is 0 Å². The molecule has 0 atom stereocenters. The van der Waals surface area contributed by atoms with Gasteiger partial charge in [-0.05, 0) is 61.7 Å². The van der Waals surface area contributed by atoms with Crippen LogP contribution in [-0.4, -0.2) is 29.8 Å². The monoisotopic (exact) mass is 352 g/mol. The molecule has 1 saturated heterocycles. The Balaban J connectivity index is 1.55. The van der Waals surface area contributed by atoms with Gasteiger partial charge in [0.25, 0.3) is 0 Å². The minimum absolute atomic E-state index is 0.0690. The SMILES string of the molecule is Cc1cccc(Oc2ccc(NC(=O)CN3CCCCCC3=O)cc2)c1. The maximum atomic E-state index is 12.2. The van der Waals surface area contributed by atoms with Gasteiger partial charge in [0.1, 0.15) is 11.5 Å². The van der Waals surface area contributed by atoms with Gasteiger partial charge in [0.15, 0.2) is 0 Å². The first-order valence-electron chi connectivity index (χ1n) is 9.02. The van der Waals surface area contributed by atoms with Gasteiger partial charge in [0, 0.05) is 18.7 Å². The molecule has 26 heavy (non-hydrogen) atoms. The van der Waals surface area contributed by atoms with Crippen molar-refractivity contribution in [3.63, 3.8) is 0 Å². The van der Waals surface area contributed by atoms with Crippen LogP contribution in [0.25, 0.3) is 0 Å². The molecule has 0 spiro atoms. The van der Waals surface area contributed by atoms with E-state index in [9.17, 15) is 9.59 Å². The van der Waals surface area contributed by atoms with Crippen LogP contribution < -0.4 is 10.1 Å². The lowest BCUT2D eigenvalue weighted by molar-refractivity contribution is -0.134. The van der Waals surface area contributed by atoms with E-state index in [0.717, 1.165) is 30.6 Å². The summed E-state index contributed by atoms with van der Waals surface area (Å²) in [5.74, 6) is 1.38. The largest absolute Gasteiger partial charge is 0.457 e. The second kappa shape index (κ2) is 8.52. The zero-order chi connectivity index (χ0) is 18.4. The molecule has 5 heteroatoms. The summed E-state index contributed by atoms with van der Waals surface area (Å²) in [6, 6.07) is 15.1. The van der Waals surface area contributed by atoms with Crippen molar-refractivity contribution in [2.75, 3.05) is 18.4 Å². The van der Waals surface area contributed by atoms with Crippen molar-refractivity contribution in [2.45, 2.75) is 32.6 Å². The van der Waals surface area contributed by atoms with Crippen molar-refractivity contribution in [3.8, 4) is 11.5 Å². The number of aryl methyl sites for hydroxylation is 1. The number of carbonyl (C=O) groups is 2. The first-order valence-corrected chi connectivity index (χ1v) is 9.02. The van der Waals surface area contributed by atoms with Gasteiger partial charge in [0.2, 0.25) is 11.8 Å². The first-order chi connectivity index (χ1) is 12.6. The number of anilines is 1. The van der Waals surface area contributed by atoms with Gasteiger partial charge in [0.05, 0.1) is 6.54 Å². The van der Waals surface area contributed by atoms with E-state index >= 15 is 0 Å². The zero-order valence-corrected chi connectivity index (χ0v) is 15.0. The van der Waals surface area contributed by atoms with Gasteiger partial charge >= 0.3 is 0 Å². The Morgan fingerprint density at radius 2 is 1.88 bits per heavy atom. The lowest BCUT2D eigenvalue weighted by Crippen LogP contribution is -2.37. The van der Waals surface area contributed by atoms with Gasteiger partial charge in [-0.15, -0.1) is 0 Å². The molecule has 1 aliphatic rings. The fraction of sp³-hybridized carbons (Fsp3) is 0.333. The molecule has 3 rings (SSSR count). The summed E-state index contributed by atoms with van der Waals surface area (Å²) >= 11 is 0. The molecule has 1 fully saturated rings. The van der Waals surface area contributed by atoms with E-state index in [1.165, 1.54) is 0 Å². The molecular formula is C21H24N2O3. The van der Waals surface area contributed by atoms with Gasteiger partial charge in [-0.25, -0.2) is 0 Å². The summed E-state index contributed by atoms with van der Waals surface area (Å²) in [5, 5.41) is 2.84. The quantitative estimate of drug-likeness (QED) is 0.880. The van der Waals surface area contributed by atoms with Crippen LogP contribution in [0.5, 0.6) is 11.5 Å². The molecule has 0 unspecified atom stereocenters. The lowest BCUT2D eigenvalue weighted by Gasteiger charge is -2.19. The van der Waals surface area contributed by atoms with Gasteiger partial charge < -0.3 is 15.0 Å². The third-order valence-corrected chi connectivity index (χ3v) is 4.37. The predicted molar refractivity (Wildman–Crippen MR) is 101 cm³/mol. The summed E-state index contributed by atoms with van der Waals surface area (Å²) < 4.78 is 5.80. The van der Waals surface area contributed by atoms with Gasteiger partial charge in [-0.1, -0.05) is 18.6 Å². The fourth-order valence-corrected chi connectivity index (χ4v) is 3.00. The highest BCUT2D eigenvalue weighted by Crippen LogP contribution is 2.23. The minimum atomic E-state index is -0.174. The van der Waals surface area contributed by atoms with Gasteiger partial charge in [-0.3, -0.25) is 9.59 Å². The number of ether oxygens (including phenoxy) is 1. The molecule has 1 N–H and O–H groups in total. The maximum absolute atomic E-state index is 12.2. The van der Waals surface area contributed by atoms with E-state index in [2.05, 4.69) is 5.32 Å². The Morgan fingerprint density at radius 3 is 2.65 bits per heavy atom. The van der Waals surface area contributed by atoms with E-state index in [0.29, 0.717) is 24.4 Å². The summed E-state index contributed by atoms with van der Waals surface area (Å²) in [4.78, 5) is 25.8. The van der Waals surface area contributed by atoms with E-state index in [1.54, 1.807) is 17.0 Å². The second-order valence-electron chi connectivity index (χ2n) is 6.62. The lowest BCUT2D eigenvalue weighted by atomic mass is 10.2. The number of hydrogen-bond acceptors (Lipinski definition) is 3. The molecule has 1 heterocycles. The summed E-state index contributed by atoms with van der Waals surface area (Å²) in [7, 11) is 0. The maximum Gasteiger partial charge on any atom is 0.243 e. The number of likely N-dealkylation sites (tertiary alicyclic amines) is 1. The minimum Gasteiger partial charge on any atom is -0.457 e. The predicted octanol–water partition coefficient (Wildman–Crippen LogP) is 4.13. The summed E-state index contributed by atoms with van der Waals surface area (Å²) in [6.45, 7) is 2.79. The van der Waals surface area contributed by atoms with E-state index in [4.69, 9.17) is 4.74 Å². The summed E-state index contributed by atoms with van der Waals surface area (Å²) in [5.41, 5.74) is 1.82. The Kier molecular flexibility index (Phi) is 5.89. The Hall–Kier alpha value is -2.82. The van der Waals surface area contributed by atoms with Crippen LogP contribution in [0, 0.1) is 6.92 Å². The first kappa shape index (κ1) is 18.0. The normalized spacial score (nSPS) is 14.7. The van der Waals surface area contributed by atoms with Crippen molar-refractivity contribution in [1.82, 2.24) is 4.90 Å². The molecule has 2 aromatic carbocycles. The van der Waals surface area contributed by atoms with Crippen LogP contribution in [0.2, 0.25) is 0 Å². The van der Waals surface area contributed by atoms with Crippen LogP contribution in [-0.2, 0) is 9.59 Å². The number of benzene rings is 2. The number of carbonyl (C=O) groups excluding carboxylic acids is 2. The van der Waals surface area contributed by atoms with Crippen molar-refractivity contribution < 1.29 is 14.3 Å². The smallest absolute Gasteiger partial charge is 0.243 e. The fourth-order valence-electron chi connectivity index (χ4n) is 3.00. The highest BCUT2D eigenvalue weighted by Gasteiger charge is 2.19. The highest BCUT2D eigenvalue weighted by molar-refractivity contribution is 5.94. The number of rotatable bonds is 5. The summed E-state index contributed by atoms with van der Waals surface area (Å²) in [6.07, 6.45) is 3.47. The average molecular weight is 352 g/mol. The van der Waals surface area contributed by atoms with E-state index < -0.39 is 0 Å². The topological polar surface area (TPSA) is 58.6 Å². The third-order valence-electron chi connectivity index (χ3n) is 4.37. The number of nitrogens with one attached hydrogen (secondary N) is 1. The molecule has 0 radical (unpaired) electrons. The Labute approximate surface area is 154 Å².